The van der Waals surface area contributed by atoms with Crippen molar-refractivity contribution in [2.45, 2.75) is 6.61 Å². The lowest BCUT2D eigenvalue weighted by molar-refractivity contribution is 0.301. The van der Waals surface area contributed by atoms with Crippen molar-refractivity contribution in [2.24, 2.45) is 0 Å². The van der Waals surface area contributed by atoms with Crippen LogP contribution in [0, 0.1) is 22.7 Å². The Bertz CT molecular complexity index is 1120. The van der Waals surface area contributed by atoms with Crippen molar-refractivity contribution < 1.29 is 9.47 Å². The first kappa shape index (κ1) is 20.4. The van der Waals surface area contributed by atoms with Gasteiger partial charge in [-0.25, -0.2) is 0 Å². The topological polar surface area (TPSA) is 78.9 Å². The zero-order valence-corrected chi connectivity index (χ0v) is 16.4. The van der Waals surface area contributed by atoms with Crippen molar-refractivity contribution in [2.75, 3.05) is 7.11 Å². The highest BCUT2D eigenvalue weighted by Gasteiger charge is 2.06. The summed E-state index contributed by atoms with van der Waals surface area (Å²) >= 11 is 0. The van der Waals surface area contributed by atoms with Gasteiger partial charge in [0.25, 0.3) is 0 Å². The van der Waals surface area contributed by atoms with Crippen molar-refractivity contribution in [3.8, 4) is 23.6 Å². The molecule has 0 saturated carbocycles. The van der Waals surface area contributed by atoms with E-state index >= 15 is 0 Å². The minimum absolute atomic E-state index is 0.287. The maximum atomic E-state index is 9.55. The van der Waals surface area contributed by atoms with Gasteiger partial charge in [-0.2, -0.15) is 10.5 Å². The second kappa shape index (κ2) is 10.3. The summed E-state index contributed by atoms with van der Waals surface area (Å²) < 4.78 is 10.9. The molecule has 0 radical (unpaired) electrons. The predicted molar refractivity (Wildman–Crippen MR) is 115 cm³/mol. The summed E-state index contributed by atoms with van der Waals surface area (Å²) in [7, 11) is 1.59. The Morgan fingerprint density at radius 3 is 1.87 bits per heavy atom. The second-order valence-electron chi connectivity index (χ2n) is 6.29. The smallest absolute Gasteiger partial charge is 0.130 e. The SMILES string of the molecule is COc1ccc(/C=C(C#N)/C(C#N)=C/c2ccc(OCc3ccccn3)cc2)cc1. The summed E-state index contributed by atoms with van der Waals surface area (Å²) in [6, 6.07) is 24.5. The van der Waals surface area contributed by atoms with Crippen LogP contribution in [-0.4, -0.2) is 12.1 Å². The number of allylic oxidation sites excluding steroid dienone is 2. The molecule has 0 aliphatic carbocycles. The molecular weight excluding hydrogens is 374 g/mol. The molecule has 0 unspecified atom stereocenters. The number of nitriles is 2. The van der Waals surface area contributed by atoms with Crippen LogP contribution in [0.2, 0.25) is 0 Å². The molecule has 1 heterocycles. The lowest BCUT2D eigenvalue weighted by Gasteiger charge is -2.06. The van der Waals surface area contributed by atoms with Gasteiger partial charge in [0.1, 0.15) is 30.2 Å². The largest absolute Gasteiger partial charge is 0.497 e. The van der Waals surface area contributed by atoms with E-state index in [9.17, 15) is 10.5 Å². The molecule has 0 saturated heterocycles. The Morgan fingerprint density at radius 1 is 0.833 bits per heavy atom. The molecule has 0 fully saturated rings. The molecule has 30 heavy (non-hydrogen) atoms. The zero-order valence-electron chi connectivity index (χ0n) is 16.4. The van der Waals surface area contributed by atoms with Gasteiger partial charge in [0.15, 0.2) is 0 Å². The monoisotopic (exact) mass is 393 g/mol. The van der Waals surface area contributed by atoms with Gasteiger partial charge in [0.2, 0.25) is 0 Å². The van der Waals surface area contributed by atoms with E-state index in [1.54, 1.807) is 37.6 Å². The number of aromatic nitrogens is 1. The molecular formula is C25H19N3O2. The number of hydrogen-bond acceptors (Lipinski definition) is 5. The van der Waals surface area contributed by atoms with Gasteiger partial charge in [-0.1, -0.05) is 30.3 Å². The van der Waals surface area contributed by atoms with Crippen LogP contribution in [0.4, 0.5) is 0 Å². The minimum Gasteiger partial charge on any atom is -0.497 e. The number of hydrogen-bond donors (Lipinski definition) is 0. The maximum Gasteiger partial charge on any atom is 0.130 e. The standard InChI is InChI=1S/C25H19N3O2/c1-29-24-9-5-19(6-10-24)14-21(16-26)22(17-27)15-20-7-11-25(12-8-20)30-18-23-4-2-3-13-28-23/h2-15H,18H2,1H3/b21-14+,22-15+. The van der Waals surface area contributed by atoms with Crippen molar-refractivity contribution in [3.63, 3.8) is 0 Å². The average molecular weight is 393 g/mol. The van der Waals surface area contributed by atoms with E-state index in [4.69, 9.17) is 9.47 Å². The molecule has 5 heteroatoms. The Labute approximate surface area is 175 Å². The highest BCUT2D eigenvalue weighted by molar-refractivity contribution is 5.74. The van der Waals surface area contributed by atoms with Crippen LogP contribution in [0.1, 0.15) is 16.8 Å². The van der Waals surface area contributed by atoms with Crippen LogP contribution < -0.4 is 9.47 Å². The number of nitrogens with zero attached hydrogens (tertiary/aromatic N) is 3. The zero-order chi connectivity index (χ0) is 21.2. The summed E-state index contributed by atoms with van der Waals surface area (Å²) in [6.07, 6.45) is 5.09. The molecule has 0 spiro atoms. The Balaban J connectivity index is 1.74. The van der Waals surface area contributed by atoms with Gasteiger partial charge in [-0.15, -0.1) is 0 Å². The summed E-state index contributed by atoms with van der Waals surface area (Å²) in [5, 5.41) is 19.1. The average Bonchev–Trinajstić information content (AvgIpc) is 2.81. The molecule has 5 nitrogen and oxygen atoms in total. The van der Waals surface area contributed by atoms with Crippen molar-refractivity contribution in [1.82, 2.24) is 4.98 Å². The van der Waals surface area contributed by atoms with Crippen molar-refractivity contribution in [3.05, 3.63) is 101 Å². The van der Waals surface area contributed by atoms with E-state index in [1.807, 2.05) is 54.6 Å². The van der Waals surface area contributed by atoms with Gasteiger partial charge in [0.05, 0.1) is 23.9 Å². The molecule has 3 aromatic rings. The molecule has 0 amide bonds. The third-order valence-corrected chi connectivity index (χ3v) is 4.26. The van der Waals surface area contributed by atoms with Gasteiger partial charge < -0.3 is 9.47 Å². The lowest BCUT2D eigenvalue weighted by atomic mass is 10.0. The summed E-state index contributed by atoms with van der Waals surface area (Å²) in [5.74, 6) is 1.43. The number of ether oxygens (including phenoxy) is 2. The molecule has 0 aliphatic rings. The van der Waals surface area contributed by atoms with Gasteiger partial charge in [-0.05, 0) is 59.7 Å². The van der Waals surface area contributed by atoms with Crippen LogP contribution in [0.3, 0.4) is 0 Å². The van der Waals surface area contributed by atoms with E-state index in [2.05, 4.69) is 17.1 Å². The summed E-state index contributed by atoms with van der Waals surface area (Å²) in [4.78, 5) is 4.22. The molecule has 0 N–H and O–H groups in total. The Kier molecular flexibility index (Phi) is 6.97. The van der Waals surface area contributed by atoms with Gasteiger partial charge >= 0.3 is 0 Å². The summed E-state index contributed by atoms with van der Waals surface area (Å²) in [6.45, 7) is 0.378. The second-order valence-corrected chi connectivity index (χ2v) is 6.29. The maximum absolute atomic E-state index is 9.55. The quantitative estimate of drug-likeness (QED) is 0.408. The van der Waals surface area contributed by atoms with Gasteiger partial charge in [0, 0.05) is 6.20 Å². The van der Waals surface area contributed by atoms with Crippen molar-refractivity contribution >= 4 is 12.2 Å². The molecule has 0 bridgehead atoms. The van der Waals surface area contributed by atoms with E-state index in [0.717, 1.165) is 22.6 Å². The van der Waals surface area contributed by atoms with Gasteiger partial charge in [-0.3, -0.25) is 4.98 Å². The predicted octanol–water partition coefficient (Wildman–Crippen LogP) is 5.18. The fourth-order valence-corrected chi connectivity index (χ4v) is 2.68. The fourth-order valence-electron chi connectivity index (χ4n) is 2.68. The van der Waals surface area contributed by atoms with E-state index in [-0.39, 0.29) is 11.1 Å². The first-order chi connectivity index (χ1) is 14.7. The highest BCUT2D eigenvalue weighted by atomic mass is 16.5. The highest BCUT2D eigenvalue weighted by Crippen LogP contribution is 2.21. The molecule has 0 aliphatic heterocycles. The normalized spacial score (nSPS) is 11.3. The molecule has 146 valence electrons. The Hall–Kier alpha value is -4.35. The van der Waals surface area contributed by atoms with Crippen LogP contribution in [0.5, 0.6) is 11.5 Å². The third-order valence-electron chi connectivity index (χ3n) is 4.26. The van der Waals surface area contributed by atoms with Crippen LogP contribution >= 0.6 is 0 Å². The number of methoxy groups -OCH3 is 1. The third kappa shape index (κ3) is 5.58. The number of benzene rings is 2. The van der Waals surface area contributed by atoms with E-state index in [0.29, 0.717) is 12.4 Å². The van der Waals surface area contributed by atoms with E-state index < -0.39 is 0 Å². The fraction of sp³-hybridized carbons (Fsp3) is 0.0800. The summed E-state index contributed by atoms with van der Waals surface area (Å²) in [5.41, 5.74) is 3.03. The number of pyridine rings is 1. The van der Waals surface area contributed by atoms with Crippen LogP contribution in [0.25, 0.3) is 12.2 Å². The molecule has 2 aromatic carbocycles. The first-order valence-electron chi connectivity index (χ1n) is 9.22. The van der Waals surface area contributed by atoms with Crippen LogP contribution in [0.15, 0.2) is 84.1 Å². The van der Waals surface area contributed by atoms with Crippen molar-refractivity contribution in [1.29, 1.82) is 10.5 Å². The molecule has 1 aromatic heterocycles. The first-order valence-corrected chi connectivity index (χ1v) is 9.22. The lowest BCUT2D eigenvalue weighted by Crippen LogP contribution is -1.97. The molecule has 3 rings (SSSR count). The van der Waals surface area contributed by atoms with E-state index in [1.165, 1.54) is 0 Å². The molecule has 0 atom stereocenters. The van der Waals surface area contributed by atoms with Crippen LogP contribution in [-0.2, 0) is 6.61 Å². The number of rotatable bonds is 7. The Morgan fingerprint density at radius 2 is 1.40 bits per heavy atom. The minimum atomic E-state index is 0.287.